The number of ether oxygens (including phenoxy) is 2. The number of likely N-dealkylation sites (N-methyl/N-ethyl adjacent to an activating group) is 1. The summed E-state index contributed by atoms with van der Waals surface area (Å²) in [7, 11) is 1.70. The summed E-state index contributed by atoms with van der Waals surface area (Å²) >= 11 is 0. The third-order valence-corrected chi connectivity index (χ3v) is 5.22. The molecule has 0 fully saturated rings. The fourth-order valence-electron chi connectivity index (χ4n) is 3.65. The number of aromatic nitrogens is 1. The van der Waals surface area contributed by atoms with Gasteiger partial charge in [-0.2, -0.15) is 0 Å². The van der Waals surface area contributed by atoms with Crippen molar-refractivity contribution in [3.05, 3.63) is 29.5 Å². The number of hydrogen-bond acceptors (Lipinski definition) is 4. The summed E-state index contributed by atoms with van der Waals surface area (Å²) in [6.45, 7) is 8.20. The maximum atomic E-state index is 6.36. The van der Waals surface area contributed by atoms with Crippen molar-refractivity contribution >= 4 is 10.9 Å². The summed E-state index contributed by atoms with van der Waals surface area (Å²) in [5.41, 5.74) is 3.53. The molecule has 4 heteroatoms. The molecule has 2 aromatic rings. The molecule has 0 saturated heterocycles. The maximum Gasteiger partial charge on any atom is 0.133 e. The fourth-order valence-corrected chi connectivity index (χ4v) is 3.65. The van der Waals surface area contributed by atoms with Gasteiger partial charge in [-0.05, 0) is 50.9 Å². The molecule has 0 bridgehead atoms. The number of rotatable bonds is 7. The SMILES string of the molecule is CCN(CC)CCOc1c2c(nc3cc(OC)ccc13)CCCCC2. The van der Waals surface area contributed by atoms with Gasteiger partial charge in [0, 0.05) is 29.3 Å². The van der Waals surface area contributed by atoms with Crippen LogP contribution in [0.2, 0.25) is 0 Å². The highest BCUT2D eigenvalue weighted by Crippen LogP contribution is 2.36. The van der Waals surface area contributed by atoms with E-state index >= 15 is 0 Å². The molecule has 0 aliphatic heterocycles. The van der Waals surface area contributed by atoms with Crippen molar-refractivity contribution in [2.75, 3.05) is 33.4 Å². The third kappa shape index (κ3) is 4.06. The molecule has 1 aliphatic rings. The normalized spacial score (nSPS) is 14.4. The van der Waals surface area contributed by atoms with Crippen LogP contribution in [0.5, 0.6) is 11.5 Å². The van der Waals surface area contributed by atoms with Gasteiger partial charge in [0.1, 0.15) is 18.1 Å². The van der Waals surface area contributed by atoms with Gasteiger partial charge in [0.05, 0.1) is 12.6 Å². The number of nitrogens with zero attached hydrogens (tertiary/aromatic N) is 2. The maximum absolute atomic E-state index is 6.36. The Labute approximate surface area is 151 Å². The molecular formula is C21H30N2O2. The van der Waals surface area contributed by atoms with Crippen LogP contribution in [0.4, 0.5) is 0 Å². The topological polar surface area (TPSA) is 34.6 Å². The summed E-state index contributed by atoms with van der Waals surface area (Å²) in [5.74, 6) is 1.90. The van der Waals surface area contributed by atoms with E-state index in [9.17, 15) is 0 Å². The molecule has 25 heavy (non-hydrogen) atoms. The van der Waals surface area contributed by atoms with Crippen LogP contribution in [0.15, 0.2) is 18.2 Å². The zero-order valence-electron chi connectivity index (χ0n) is 15.8. The zero-order chi connectivity index (χ0) is 17.6. The van der Waals surface area contributed by atoms with Gasteiger partial charge in [-0.1, -0.05) is 20.3 Å². The van der Waals surface area contributed by atoms with E-state index in [0.717, 1.165) is 61.5 Å². The Morgan fingerprint density at radius 2 is 1.88 bits per heavy atom. The predicted octanol–water partition coefficient (Wildman–Crippen LogP) is 4.23. The van der Waals surface area contributed by atoms with E-state index in [2.05, 4.69) is 24.8 Å². The standard InChI is InChI=1S/C21H30N2O2/c1-4-23(5-2)13-14-25-21-17-9-7-6-8-10-19(17)22-20-15-16(24-3)11-12-18(20)21/h11-12,15H,4-10,13-14H2,1-3H3. The molecule has 4 nitrogen and oxygen atoms in total. The first kappa shape index (κ1) is 18.0. The summed E-state index contributed by atoms with van der Waals surface area (Å²) in [6, 6.07) is 6.13. The second-order valence-corrected chi connectivity index (χ2v) is 6.69. The van der Waals surface area contributed by atoms with Crippen molar-refractivity contribution in [3.63, 3.8) is 0 Å². The average molecular weight is 342 g/mol. The number of methoxy groups -OCH3 is 1. The van der Waals surface area contributed by atoms with E-state index in [1.54, 1.807) is 7.11 Å². The van der Waals surface area contributed by atoms with E-state index in [4.69, 9.17) is 14.5 Å². The van der Waals surface area contributed by atoms with Crippen molar-refractivity contribution in [2.24, 2.45) is 0 Å². The number of hydrogen-bond donors (Lipinski definition) is 0. The fraction of sp³-hybridized carbons (Fsp3) is 0.571. The van der Waals surface area contributed by atoms with Crippen molar-refractivity contribution in [1.29, 1.82) is 0 Å². The molecule has 136 valence electrons. The summed E-state index contributed by atoms with van der Waals surface area (Å²) < 4.78 is 11.7. The lowest BCUT2D eigenvalue weighted by atomic mass is 10.0. The van der Waals surface area contributed by atoms with Gasteiger partial charge in [0.2, 0.25) is 0 Å². The molecule has 0 saturated carbocycles. The minimum atomic E-state index is 0.721. The lowest BCUT2D eigenvalue weighted by Crippen LogP contribution is -2.28. The number of aryl methyl sites for hydroxylation is 1. The zero-order valence-corrected chi connectivity index (χ0v) is 15.8. The van der Waals surface area contributed by atoms with Gasteiger partial charge in [-0.3, -0.25) is 4.98 Å². The Morgan fingerprint density at radius 3 is 2.64 bits per heavy atom. The van der Waals surface area contributed by atoms with E-state index in [1.807, 2.05) is 12.1 Å². The van der Waals surface area contributed by atoms with Crippen LogP contribution in [0.3, 0.4) is 0 Å². The molecule has 1 aromatic heterocycles. The molecule has 0 radical (unpaired) electrons. The molecule has 3 rings (SSSR count). The Hall–Kier alpha value is -1.81. The highest BCUT2D eigenvalue weighted by molar-refractivity contribution is 5.88. The van der Waals surface area contributed by atoms with E-state index < -0.39 is 0 Å². The third-order valence-electron chi connectivity index (χ3n) is 5.22. The van der Waals surface area contributed by atoms with Crippen LogP contribution in [-0.4, -0.2) is 43.2 Å². The smallest absolute Gasteiger partial charge is 0.133 e. The molecule has 0 unspecified atom stereocenters. The molecule has 0 atom stereocenters. The van der Waals surface area contributed by atoms with Gasteiger partial charge in [0.15, 0.2) is 0 Å². The van der Waals surface area contributed by atoms with Crippen LogP contribution in [0.1, 0.15) is 44.4 Å². The summed E-state index contributed by atoms with van der Waals surface area (Å²) in [5, 5.41) is 1.11. The second kappa shape index (κ2) is 8.52. The van der Waals surface area contributed by atoms with Crippen LogP contribution in [0, 0.1) is 0 Å². The summed E-state index contributed by atoms with van der Waals surface area (Å²) in [6.07, 6.45) is 5.84. The largest absolute Gasteiger partial charge is 0.497 e. The van der Waals surface area contributed by atoms with Gasteiger partial charge in [0.25, 0.3) is 0 Å². The Balaban J connectivity index is 1.96. The van der Waals surface area contributed by atoms with Gasteiger partial charge >= 0.3 is 0 Å². The molecule has 1 aliphatic carbocycles. The minimum absolute atomic E-state index is 0.721. The van der Waals surface area contributed by atoms with Crippen molar-refractivity contribution < 1.29 is 9.47 Å². The molecule has 1 heterocycles. The average Bonchev–Trinajstić information content (AvgIpc) is 2.89. The van der Waals surface area contributed by atoms with E-state index in [0.29, 0.717) is 0 Å². The number of pyridine rings is 1. The Bertz CT molecular complexity index is 711. The number of benzene rings is 1. The van der Waals surface area contributed by atoms with Crippen LogP contribution in [0.25, 0.3) is 10.9 Å². The first-order valence-electron chi connectivity index (χ1n) is 9.61. The number of fused-ring (bicyclic) bond motifs is 2. The van der Waals surface area contributed by atoms with Crippen LogP contribution in [-0.2, 0) is 12.8 Å². The van der Waals surface area contributed by atoms with Crippen LogP contribution >= 0.6 is 0 Å². The monoisotopic (exact) mass is 342 g/mol. The first-order chi connectivity index (χ1) is 12.3. The second-order valence-electron chi connectivity index (χ2n) is 6.69. The molecule has 0 spiro atoms. The molecule has 0 amide bonds. The van der Waals surface area contributed by atoms with E-state index in [1.165, 1.54) is 30.5 Å². The quantitative estimate of drug-likeness (QED) is 0.705. The highest BCUT2D eigenvalue weighted by atomic mass is 16.5. The molecule has 0 N–H and O–H groups in total. The first-order valence-corrected chi connectivity index (χ1v) is 9.61. The van der Waals surface area contributed by atoms with Gasteiger partial charge in [-0.15, -0.1) is 0 Å². The highest BCUT2D eigenvalue weighted by Gasteiger charge is 2.19. The van der Waals surface area contributed by atoms with Crippen molar-refractivity contribution in [2.45, 2.75) is 46.0 Å². The summed E-state index contributed by atoms with van der Waals surface area (Å²) in [4.78, 5) is 7.34. The van der Waals surface area contributed by atoms with E-state index in [-0.39, 0.29) is 0 Å². The van der Waals surface area contributed by atoms with Crippen molar-refractivity contribution in [1.82, 2.24) is 9.88 Å². The predicted molar refractivity (Wildman–Crippen MR) is 103 cm³/mol. The Kier molecular flexibility index (Phi) is 6.14. The van der Waals surface area contributed by atoms with Gasteiger partial charge in [-0.25, -0.2) is 0 Å². The van der Waals surface area contributed by atoms with Crippen molar-refractivity contribution in [3.8, 4) is 11.5 Å². The minimum Gasteiger partial charge on any atom is -0.497 e. The molecule has 1 aromatic carbocycles. The van der Waals surface area contributed by atoms with Gasteiger partial charge < -0.3 is 14.4 Å². The Morgan fingerprint density at radius 1 is 1.08 bits per heavy atom. The molecular weight excluding hydrogens is 312 g/mol. The lowest BCUT2D eigenvalue weighted by molar-refractivity contribution is 0.223. The lowest BCUT2D eigenvalue weighted by Gasteiger charge is -2.20. The van der Waals surface area contributed by atoms with Crippen LogP contribution < -0.4 is 9.47 Å².